The van der Waals surface area contributed by atoms with Crippen LogP contribution in [0, 0.1) is 11.8 Å². The largest absolute Gasteiger partial charge is 0.344 e. The van der Waals surface area contributed by atoms with Crippen molar-refractivity contribution in [3.05, 3.63) is 47.8 Å². The van der Waals surface area contributed by atoms with Gasteiger partial charge in [0, 0.05) is 56.9 Å². The molecule has 2 fully saturated rings. The number of carbonyl (C=O) groups is 4. The van der Waals surface area contributed by atoms with Gasteiger partial charge in [-0.05, 0) is 62.4 Å². The van der Waals surface area contributed by atoms with Crippen LogP contribution < -0.4 is 16.0 Å². The molecule has 4 rings (SSSR count). The standard InChI is InChI=1S/C33H49N7O4/c1-6-28(41)36-29(33(44)39-20-18-38(5)19-21-39)23(4)24-12-14-26(15-13-24)35-32(43)30(25-10-8-22(3)9-11-25)37-31(42)27-16-17-34-40(27)7-2/h12-17,22-23,25,29-30H,6-11,18-21H2,1-5H3,(H,35,43)(H,36,41)(H,37,42)/t22-,23-,25-,29+,30-/m0/s1. The van der Waals surface area contributed by atoms with Crippen LogP contribution in [0.15, 0.2) is 36.5 Å². The van der Waals surface area contributed by atoms with Crippen molar-refractivity contribution in [2.45, 2.75) is 84.3 Å². The van der Waals surface area contributed by atoms with Gasteiger partial charge in [-0.25, -0.2) is 0 Å². The van der Waals surface area contributed by atoms with Crippen LogP contribution in [0.1, 0.15) is 81.8 Å². The smallest absolute Gasteiger partial charge is 0.270 e. The molecule has 240 valence electrons. The summed E-state index contributed by atoms with van der Waals surface area (Å²) in [5.74, 6) is -0.430. The molecule has 0 spiro atoms. The van der Waals surface area contributed by atoms with Crippen LogP contribution in [0.4, 0.5) is 5.69 Å². The number of likely N-dealkylation sites (N-methyl/N-ethyl adjacent to an activating group) is 1. The van der Waals surface area contributed by atoms with E-state index >= 15 is 0 Å². The number of aromatic nitrogens is 2. The Bertz CT molecular complexity index is 1280. The lowest BCUT2D eigenvalue weighted by Crippen LogP contribution is -2.55. The first-order valence-corrected chi connectivity index (χ1v) is 16.1. The Labute approximate surface area is 261 Å². The number of nitrogens with zero attached hydrogens (tertiary/aromatic N) is 4. The first kappa shape index (κ1) is 33.2. The van der Waals surface area contributed by atoms with Crippen LogP contribution in [0.2, 0.25) is 0 Å². The van der Waals surface area contributed by atoms with E-state index in [1.165, 1.54) is 0 Å². The summed E-state index contributed by atoms with van der Waals surface area (Å²) in [6.07, 6.45) is 5.67. The molecule has 2 aromatic rings. The quantitative estimate of drug-likeness (QED) is 0.360. The highest BCUT2D eigenvalue weighted by molar-refractivity contribution is 6.00. The fraction of sp³-hybridized carbons (Fsp3) is 0.606. The van der Waals surface area contributed by atoms with Crippen LogP contribution in [-0.4, -0.2) is 88.5 Å². The number of benzene rings is 1. The lowest BCUT2D eigenvalue weighted by atomic mass is 9.79. The van der Waals surface area contributed by atoms with E-state index < -0.39 is 12.1 Å². The monoisotopic (exact) mass is 607 g/mol. The highest BCUT2D eigenvalue weighted by atomic mass is 16.2. The van der Waals surface area contributed by atoms with E-state index in [9.17, 15) is 19.2 Å². The Morgan fingerprint density at radius 1 is 0.932 bits per heavy atom. The summed E-state index contributed by atoms with van der Waals surface area (Å²) >= 11 is 0. The average Bonchev–Trinajstić information content (AvgIpc) is 3.52. The van der Waals surface area contributed by atoms with Crippen molar-refractivity contribution < 1.29 is 19.2 Å². The van der Waals surface area contributed by atoms with Crippen LogP contribution in [0.3, 0.4) is 0 Å². The minimum Gasteiger partial charge on any atom is -0.344 e. The summed E-state index contributed by atoms with van der Waals surface area (Å²) in [7, 11) is 2.04. The van der Waals surface area contributed by atoms with Crippen LogP contribution in [0.25, 0.3) is 0 Å². The minimum atomic E-state index is -0.684. The molecule has 0 radical (unpaired) electrons. The van der Waals surface area contributed by atoms with E-state index in [0.29, 0.717) is 43.4 Å². The highest BCUT2D eigenvalue weighted by Gasteiger charge is 2.34. The molecule has 3 atom stereocenters. The summed E-state index contributed by atoms with van der Waals surface area (Å²) in [5.41, 5.74) is 1.92. The van der Waals surface area contributed by atoms with Gasteiger partial charge in [0.05, 0.1) is 0 Å². The van der Waals surface area contributed by atoms with E-state index in [1.54, 1.807) is 23.9 Å². The van der Waals surface area contributed by atoms with E-state index in [-0.39, 0.29) is 35.5 Å². The minimum absolute atomic E-state index is 0.0379. The molecule has 3 N–H and O–H groups in total. The van der Waals surface area contributed by atoms with Gasteiger partial charge in [-0.1, -0.05) is 45.7 Å². The third kappa shape index (κ3) is 8.25. The van der Waals surface area contributed by atoms with Crippen LogP contribution in [-0.2, 0) is 20.9 Å². The highest BCUT2D eigenvalue weighted by Crippen LogP contribution is 2.31. The van der Waals surface area contributed by atoms with Crippen molar-refractivity contribution in [3.63, 3.8) is 0 Å². The second-order valence-electron chi connectivity index (χ2n) is 12.4. The van der Waals surface area contributed by atoms with Crippen molar-refractivity contribution in [2.24, 2.45) is 11.8 Å². The molecule has 2 heterocycles. The summed E-state index contributed by atoms with van der Waals surface area (Å²) in [4.78, 5) is 56.8. The molecule has 4 amide bonds. The molecule has 1 saturated carbocycles. The zero-order chi connectivity index (χ0) is 31.8. The maximum absolute atomic E-state index is 13.7. The van der Waals surface area contributed by atoms with Crippen molar-refractivity contribution in [2.75, 3.05) is 38.5 Å². The molecular formula is C33H49N7O4. The van der Waals surface area contributed by atoms with E-state index in [0.717, 1.165) is 44.3 Å². The number of aryl methyl sites for hydroxylation is 1. The predicted molar refractivity (Wildman–Crippen MR) is 170 cm³/mol. The Kier molecular flexibility index (Phi) is 11.5. The fourth-order valence-electron chi connectivity index (χ4n) is 6.19. The van der Waals surface area contributed by atoms with Gasteiger partial charge in [-0.15, -0.1) is 0 Å². The van der Waals surface area contributed by atoms with Gasteiger partial charge in [0.1, 0.15) is 17.8 Å². The first-order chi connectivity index (χ1) is 21.1. The SMILES string of the molecule is CCC(=O)N[C@@H](C(=O)N1CCN(C)CC1)[C@@H](C)c1ccc(NC(=O)[C@@H](NC(=O)c2ccnn2CC)[C@H]2CC[C@H](C)CC2)cc1. The van der Waals surface area contributed by atoms with Crippen molar-refractivity contribution >= 4 is 29.3 Å². The van der Waals surface area contributed by atoms with Crippen molar-refractivity contribution in [3.8, 4) is 0 Å². The first-order valence-electron chi connectivity index (χ1n) is 16.1. The van der Waals surface area contributed by atoms with Gasteiger partial charge < -0.3 is 25.8 Å². The summed E-state index contributed by atoms with van der Waals surface area (Å²) < 4.78 is 1.62. The Hall–Kier alpha value is -3.73. The molecule has 1 aliphatic heterocycles. The van der Waals surface area contributed by atoms with Gasteiger partial charge in [0.2, 0.25) is 17.7 Å². The molecule has 1 aromatic carbocycles. The second-order valence-corrected chi connectivity index (χ2v) is 12.4. The number of amides is 4. The number of rotatable bonds is 11. The normalized spacial score (nSPS) is 21.2. The van der Waals surface area contributed by atoms with Crippen molar-refractivity contribution in [1.29, 1.82) is 0 Å². The molecule has 1 aromatic heterocycles. The zero-order valence-electron chi connectivity index (χ0n) is 26.8. The number of carbonyl (C=O) groups excluding carboxylic acids is 4. The van der Waals surface area contributed by atoms with E-state index in [1.807, 2.05) is 50.1 Å². The maximum Gasteiger partial charge on any atom is 0.270 e. The molecule has 1 saturated heterocycles. The summed E-state index contributed by atoms with van der Waals surface area (Å²) in [6.45, 7) is 11.3. The van der Waals surface area contributed by atoms with Gasteiger partial charge in [0.25, 0.3) is 5.91 Å². The van der Waals surface area contributed by atoms with Crippen LogP contribution >= 0.6 is 0 Å². The summed E-state index contributed by atoms with van der Waals surface area (Å²) in [6, 6.07) is 7.71. The third-order valence-corrected chi connectivity index (χ3v) is 9.27. The van der Waals surface area contributed by atoms with Gasteiger partial charge >= 0.3 is 0 Å². The lowest BCUT2D eigenvalue weighted by molar-refractivity contribution is -0.138. The van der Waals surface area contributed by atoms with E-state index in [2.05, 4.69) is 32.9 Å². The maximum atomic E-state index is 13.7. The predicted octanol–water partition coefficient (Wildman–Crippen LogP) is 3.24. The van der Waals surface area contributed by atoms with Gasteiger partial charge in [-0.3, -0.25) is 23.9 Å². The molecule has 2 aliphatic rings. The molecule has 11 heteroatoms. The van der Waals surface area contributed by atoms with Gasteiger partial charge in [0.15, 0.2) is 0 Å². The molecular weight excluding hydrogens is 558 g/mol. The van der Waals surface area contributed by atoms with Gasteiger partial charge in [-0.2, -0.15) is 5.10 Å². The number of nitrogens with one attached hydrogen (secondary N) is 3. The average molecular weight is 608 g/mol. The topological polar surface area (TPSA) is 129 Å². The lowest BCUT2D eigenvalue weighted by Gasteiger charge is -2.36. The summed E-state index contributed by atoms with van der Waals surface area (Å²) in [5, 5.41) is 13.2. The molecule has 44 heavy (non-hydrogen) atoms. The molecule has 11 nitrogen and oxygen atoms in total. The molecule has 0 bridgehead atoms. The molecule has 0 unspecified atom stereocenters. The number of anilines is 1. The third-order valence-electron chi connectivity index (χ3n) is 9.27. The van der Waals surface area contributed by atoms with Crippen LogP contribution in [0.5, 0.6) is 0 Å². The number of piperazine rings is 1. The number of hydrogen-bond donors (Lipinski definition) is 3. The number of hydrogen-bond acceptors (Lipinski definition) is 6. The Balaban J connectivity index is 1.47. The Morgan fingerprint density at radius 3 is 2.20 bits per heavy atom. The Morgan fingerprint density at radius 2 is 1.59 bits per heavy atom. The second kappa shape index (κ2) is 15.3. The van der Waals surface area contributed by atoms with E-state index in [4.69, 9.17) is 0 Å². The fourth-order valence-corrected chi connectivity index (χ4v) is 6.19. The van der Waals surface area contributed by atoms with Crippen molar-refractivity contribution in [1.82, 2.24) is 30.2 Å². The molecule has 1 aliphatic carbocycles. The zero-order valence-corrected chi connectivity index (χ0v) is 26.8.